The first-order chi connectivity index (χ1) is 13.7. The predicted molar refractivity (Wildman–Crippen MR) is 108 cm³/mol. The summed E-state index contributed by atoms with van der Waals surface area (Å²) in [7, 11) is -3.70. The van der Waals surface area contributed by atoms with Gasteiger partial charge in [-0.25, -0.2) is 12.8 Å². The highest BCUT2D eigenvalue weighted by molar-refractivity contribution is 7.89. The first-order valence-electron chi connectivity index (χ1n) is 10.1. The van der Waals surface area contributed by atoms with Crippen LogP contribution in [-0.2, 0) is 19.6 Å². The SMILES string of the molecule is CCCS(=O)(=O)N1CC(=O)N(c2ccccc2F)C(C)(C(=O)NC2CCCC2)C1. The van der Waals surface area contributed by atoms with E-state index in [-0.39, 0.29) is 24.0 Å². The number of hydrogen-bond acceptors (Lipinski definition) is 4. The number of para-hydroxylation sites is 1. The quantitative estimate of drug-likeness (QED) is 0.756. The molecule has 1 aromatic carbocycles. The van der Waals surface area contributed by atoms with E-state index in [9.17, 15) is 22.4 Å². The lowest BCUT2D eigenvalue weighted by Crippen LogP contribution is -2.71. The molecular formula is C20H28FN3O4S. The van der Waals surface area contributed by atoms with Crippen molar-refractivity contribution in [3.63, 3.8) is 0 Å². The molecule has 0 bridgehead atoms. The molecule has 1 saturated heterocycles. The number of benzene rings is 1. The number of carbonyl (C=O) groups is 2. The van der Waals surface area contributed by atoms with Gasteiger partial charge in [0.2, 0.25) is 21.8 Å². The van der Waals surface area contributed by atoms with Crippen LogP contribution in [0.2, 0.25) is 0 Å². The Morgan fingerprint density at radius 1 is 1.28 bits per heavy atom. The van der Waals surface area contributed by atoms with Crippen molar-refractivity contribution >= 4 is 27.5 Å². The Balaban J connectivity index is 2.01. The average Bonchev–Trinajstić information content (AvgIpc) is 3.15. The molecule has 1 unspecified atom stereocenters. The third-order valence-electron chi connectivity index (χ3n) is 5.67. The van der Waals surface area contributed by atoms with E-state index in [4.69, 9.17) is 0 Å². The Morgan fingerprint density at radius 2 is 1.93 bits per heavy atom. The van der Waals surface area contributed by atoms with Crippen molar-refractivity contribution in [1.29, 1.82) is 0 Å². The maximum absolute atomic E-state index is 14.6. The fourth-order valence-electron chi connectivity index (χ4n) is 4.17. The second-order valence-electron chi connectivity index (χ2n) is 7.99. The summed E-state index contributed by atoms with van der Waals surface area (Å²) >= 11 is 0. The first-order valence-corrected chi connectivity index (χ1v) is 11.7. The number of nitrogens with zero attached hydrogens (tertiary/aromatic N) is 2. The van der Waals surface area contributed by atoms with Crippen LogP contribution in [0.15, 0.2) is 24.3 Å². The van der Waals surface area contributed by atoms with Crippen molar-refractivity contribution in [2.75, 3.05) is 23.7 Å². The highest BCUT2D eigenvalue weighted by Gasteiger charge is 2.51. The lowest BCUT2D eigenvalue weighted by molar-refractivity contribution is -0.133. The molecule has 7 nitrogen and oxygen atoms in total. The van der Waals surface area contributed by atoms with E-state index < -0.39 is 39.7 Å². The molecule has 1 aliphatic carbocycles. The van der Waals surface area contributed by atoms with Gasteiger partial charge in [0, 0.05) is 12.6 Å². The fraction of sp³-hybridized carbons (Fsp3) is 0.600. The number of nitrogens with one attached hydrogen (secondary N) is 1. The van der Waals surface area contributed by atoms with E-state index in [0.29, 0.717) is 6.42 Å². The van der Waals surface area contributed by atoms with Crippen molar-refractivity contribution in [3.05, 3.63) is 30.1 Å². The lowest BCUT2D eigenvalue weighted by Gasteiger charge is -2.47. The molecule has 2 amide bonds. The number of sulfonamides is 1. The molecule has 29 heavy (non-hydrogen) atoms. The Labute approximate surface area is 171 Å². The zero-order valence-corrected chi connectivity index (χ0v) is 17.7. The number of anilines is 1. The molecule has 0 aromatic heterocycles. The standard InChI is InChI=1S/C20H28FN3O4S/c1-3-12-29(27,28)23-13-18(25)24(17-11-7-6-10-16(17)21)20(2,14-23)19(26)22-15-8-4-5-9-15/h6-7,10-11,15H,3-5,8-9,12-14H2,1-2H3,(H,22,26). The van der Waals surface area contributed by atoms with E-state index in [1.807, 2.05) is 0 Å². The van der Waals surface area contributed by atoms with Gasteiger partial charge in [0.25, 0.3) is 0 Å². The second-order valence-corrected chi connectivity index (χ2v) is 10.1. The largest absolute Gasteiger partial charge is 0.351 e. The van der Waals surface area contributed by atoms with E-state index >= 15 is 0 Å². The summed E-state index contributed by atoms with van der Waals surface area (Å²) in [4.78, 5) is 27.5. The van der Waals surface area contributed by atoms with Crippen LogP contribution < -0.4 is 10.2 Å². The number of carbonyl (C=O) groups excluding carboxylic acids is 2. The third-order valence-corrected chi connectivity index (χ3v) is 7.64. The number of hydrogen-bond donors (Lipinski definition) is 1. The Morgan fingerprint density at radius 3 is 2.55 bits per heavy atom. The normalized spacial score (nSPS) is 24.1. The van der Waals surface area contributed by atoms with Gasteiger partial charge in [0.05, 0.1) is 18.0 Å². The molecule has 1 atom stereocenters. The number of halogens is 1. The molecule has 1 saturated carbocycles. The summed E-state index contributed by atoms with van der Waals surface area (Å²) in [5, 5.41) is 2.96. The Bertz CT molecular complexity index is 885. The van der Waals surface area contributed by atoms with Gasteiger partial charge in [0.1, 0.15) is 11.4 Å². The summed E-state index contributed by atoms with van der Waals surface area (Å²) in [6.07, 6.45) is 4.10. The molecule has 3 rings (SSSR count). The molecule has 1 N–H and O–H groups in total. The van der Waals surface area contributed by atoms with Gasteiger partial charge >= 0.3 is 0 Å². The van der Waals surface area contributed by atoms with E-state index in [1.165, 1.54) is 25.1 Å². The number of rotatable bonds is 6. The van der Waals surface area contributed by atoms with Gasteiger partial charge in [-0.2, -0.15) is 4.31 Å². The highest BCUT2D eigenvalue weighted by atomic mass is 32.2. The minimum absolute atomic E-state index is 0.0143. The van der Waals surface area contributed by atoms with E-state index in [2.05, 4.69) is 5.32 Å². The zero-order chi connectivity index (χ0) is 21.2. The molecule has 0 spiro atoms. The molecule has 160 valence electrons. The van der Waals surface area contributed by atoms with Crippen LogP contribution in [0.25, 0.3) is 0 Å². The molecule has 2 fully saturated rings. The number of amides is 2. The van der Waals surface area contributed by atoms with Crippen LogP contribution in [0.5, 0.6) is 0 Å². The van der Waals surface area contributed by atoms with Gasteiger partial charge < -0.3 is 5.32 Å². The van der Waals surface area contributed by atoms with E-state index in [1.54, 1.807) is 13.0 Å². The van der Waals surface area contributed by atoms with E-state index in [0.717, 1.165) is 34.9 Å². The maximum Gasteiger partial charge on any atom is 0.247 e. The van der Waals surface area contributed by atoms with Gasteiger partial charge in [-0.3, -0.25) is 14.5 Å². The molecule has 0 radical (unpaired) electrons. The molecule has 1 aliphatic heterocycles. The summed E-state index contributed by atoms with van der Waals surface area (Å²) < 4.78 is 40.9. The topological polar surface area (TPSA) is 86.8 Å². The van der Waals surface area contributed by atoms with Crippen LogP contribution in [0.4, 0.5) is 10.1 Å². The van der Waals surface area contributed by atoms with Crippen molar-refractivity contribution in [2.45, 2.75) is 57.5 Å². The van der Waals surface area contributed by atoms with Gasteiger partial charge in [-0.05, 0) is 38.3 Å². The average molecular weight is 426 g/mol. The maximum atomic E-state index is 14.6. The van der Waals surface area contributed by atoms with Crippen molar-refractivity contribution in [2.24, 2.45) is 0 Å². The van der Waals surface area contributed by atoms with Crippen LogP contribution in [-0.4, -0.2) is 55.0 Å². The molecule has 1 aromatic rings. The van der Waals surface area contributed by atoms with Crippen LogP contribution in [0.3, 0.4) is 0 Å². The summed E-state index contributed by atoms with van der Waals surface area (Å²) in [5.74, 6) is -1.83. The Kier molecular flexibility index (Phi) is 6.28. The van der Waals surface area contributed by atoms with Gasteiger partial charge in [-0.1, -0.05) is 31.9 Å². The lowest BCUT2D eigenvalue weighted by atomic mass is 9.94. The predicted octanol–water partition coefficient (Wildman–Crippen LogP) is 2.03. The summed E-state index contributed by atoms with van der Waals surface area (Å²) in [6.45, 7) is 2.62. The van der Waals surface area contributed by atoms with Crippen molar-refractivity contribution in [1.82, 2.24) is 9.62 Å². The minimum atomic E-state index is -3.70. The second kappa shape index (κ2) is 8.39. The molecule has 2 aliphatic rings. The van der Waals surface area contributed by atoms with Gasteiger partial charge in [-0.15, -0.1) is 0 Å². The van der Waals surface area contributed by atoms with Crippen molar-refractivity contribution < 1.29 is 22.4 Å². The molecular weight excluding hydrogens is 397 g/mol. The van der Waals surface area contributed by atoms with Gasteiger partial charge in [0.15, 0.2) is 0 Å². The fourth-order valence-corrected chi connectivity index (χ4v) is 5.70. The molecule has 1 heterocycles. The zero-order valence-electron chi connectivity index (χ0n) is 16.9. The van der Waals surface area contributed by atoms with Crippen molar-refractivity contribution in [3.8, 4) is 0 Å². The summed E-state index contributed by atoms with van der Waals surface area (Å²) in [6, 6.07) is 5.73. The van der Waals surface area contributed by atoms with Crippen LogP contribution >= 0.6 is 0 Å². The summed E-state index contributed by atoms with van der Waals surface area (Å²) in [5.41, 5.74) is -1.57. The van der Waals surface area contributed by atoms with Crippen LogP contribution in [0, 0.1) is 5.82 Å². The Hall–Kier alpha value is -2.00. The number of piperazine rings is 1. The monoisotopic (exact) mass is 425 g/mol. The third kappa shape index (κ3) is 4.30. The minimum Gasteiger partial charge on any atom is -0.351 e. The van der Waals surface area contributed by atoms with Crippen LogP contribution in [0.1, 0.15) is 46.0 Å². The first kappa shape index (κ1) is 21.7. The smallest absolute Gasteiger partial charge is 0.247 e. The molecule has 9 heteroatoms. The highest BCUT2D eigenvalue weighted by Crippen LogP contribution is 2.33.